The number of nitrogens with zero attached hydrogens (tertiary/aromatic N) is 5. The van der Waals surface area contributed by atoms with Gasteiger partial charge in [0.25, 0.3) is 5.91 Å². The largest absolute Gasteiger partial charge is 0.390 e. The number of aliphatic hydroxyl groups is 1. The van der Waals surface area contributed by atoms with Crippen LogP contribution in [0.15, 0.2) is 39.2 Å². The van der Waals surface area contributed by atoms with E-state index in [1.165, 1.54) is 11.1 Å². The summed E-state index contributed by atoms with van der Waals surface area (Å²) >= 11 is 0. The first-order valence-corrected chi connectivity index (χ1v) is 11.8. The van der Waals surface area contributed by atoms with Crippen molar-refractivity contribution >= 4 is 30.1 Å². The van der Waals surface area contributed by atoms with Crippen LogP contribution in [0.4, 0.5) is 0 Å². The van der Waals surface area contributed by atoms with Crippen LogP contribution < -0.4 is 5.32 Å². The minimum Gasteiger partial charge on any atom is -0.390 e. The van der Waals surface area contributed by atoms with Crippen LogP contribution in [0.2, 0.25) is 0 Å². The molecule has 1 atom stereocenters. The van der Waals surface area contributed by atoms with E-state index in [0.29, 0.717) is 25.2 Å². The molecule has 3 rings (SSSR count). The molecule has 1 saturated carbocycles. The second-order valence-electron chi connectivity index (χ2n) is 9.22. The molecule has 2 amide bonds. The second-order valence-corrected chi connectivity index (χ2v) is 9.22. The second kappa shape index (κ2) is 12.0. The lowest BCUT2D eigenvalue weighted by atomic mass is 9.79. The van der Waals surface area contributed by atoms with Crippen LogP contribution >= 0.6 is 0 Å². The predicted molar refractivity (Wildman–Crippen MR) is 135 cm³/mol. The third kappa shape index (κ3) is 6.80. The summed E-state index contributed by atoms with van der Waals surface area (Å²) in [7, 11) is 5.05. The highest BCUT2D eigenvalue weighted by Gasteiger charge is 2.35. The number of hydrogen-bond acceptors (Lipinski definition) is 6. The average molecular weight is 469 g/mol. The number of amidine groups is 1. The van der Waals surface area contributed by atoms with Gasteiger partial charge in [-0.25, -0.2) is 4.99 Å². The maximum atomic E-state index is 12.6. The highest BCUT2D eigenvalue weighted by atomic mass is 16.3. The number of aliphatic imine (C=N–C) groups is 3. The number of β-amino-alcohol motifs (C(OH)–C–C–N with tert-alkyl or cyclic N) is 1. The van der Waals surface area contributed by atoms with Gasteiger partial charge < -0.3 is 15.3 Å². The number of nitrogens with one attached hydrogen (secondary N) is 1. The Morgan fingerprint density at radius 3 is 2.62 bits per heavy atom. The molecule has 1 aromatic carbocycles. The molecule has 1 unspecified atom stereocenters. The summed E-state index contributed by atoms with van der Waals surface area (Å²) in [4.78, 5) is 41.0. The molecule has 0 saturated heterocycles. The van der Waals surface area contributed by atoms with Crippen molar-refractivity contribution < 1.29 is 14.7 Å². The summed E-state index contributed by atoms with van der Waals surface area (Å²) in [5.41, 5.74) is 2.93. The number of rotatable bonds is 9. The molecule has 0 spiro atoms. The molecule has 1 heterocycles. The standard InChI is InChI=1S/C25H36N6O3/c1-26-22(13-23(27-2)29-20-11-19(12-20)25(34)30(3)4)24(33)28-14-21(32)16-31-10-9-17-7-5-6-8-18(17)15-31/h5-8,19-21,32H,2,9-16H2,1,3-4H3,(H,28,33). The van der Waals surface area contributed by atoms with Crippen LogP contribution in [0.1, 0.15) is 30.4 Å². The molecule has 1 aliphatic carbocycles. The Kier molecular flexibility index (Phi) is 9.06. The Bertz CT molecular complexity index is 952. The van der Waals surface area contributed by atoms with Gasteiger partial charge in [-0.2, -0.15) is 0 Å². The number of amides is 2. The molecule has 0 aromatic heterocycles. The van der Waals surface area contributed by atoms with Crippen molar-refractivity contribution in [2.24, 2.45) is 20.9 Å². The van der Waals surface area contributed by atoms with Gasteiger partial charge in [0.2, 0.25) is 5.91 Å². The summed E-state index contributed by atoms with van der Waals surface area (Å²) in [6, 6.07) is 8.37. The van der Waals surface area contributed by atoms with Crippen molar-refractivity contribution in [3.8, 4) is 0 Å². The Hall–Kier alpha value is -2.91. The third-order valence-electron chi connectivity index (χ3n) is 6.45. The van der Waals surface area contributed by atoms with E-state index in [2.05, 4.69) is 50.1 Å². The van der Waals surface area contributed by atoms with Gasteiger partial charge in [0.1, 0.15) is 11.5 Å². The Morgan fingerprint density at radius 1 is 1.26 bits per heavy atom. The van der Waals surface area contributed by atoms with E-state index in [4.69, 9.17) is 0 Å². The fourth-order valence-corrected chi connectivity index (χ4v) is 4.41. The van der Waals surface area contributed by atoms with E-state index in [0.717, 1.165) is 19.5 Å². The monoisotopic (exact) mass is 468 g/mol. The molecule has 1 fully saturated rings. The smallest absolute Gasteiger partial charge is 0.265 e. The molecule has 2 N–H and O–H groups in total. The topological polar surface area (TPSA) is 110 Å². The van der Waals surface area contributed by atoms with Crippen LogP contribution in [0.3, 0.4) is 0 Å². The van der Waals surface area contributed by atoms with E-state index in [1.54, 1.807) is 26.0 Å². The van der Waals surface area contributed by atoms with Gasteiger partial charge in [-0.05, 0) is 37.1 Å². The summed E-state index contributed by atoms with van der Waals surface area (Å²) in [6.45, 7) is 5.88. The molecule has 9 heteroatoms. The van der Waals surface area contributed by atoms with E-state index in [-0.39, 0.29) is 42.5 Å². The molecular weight excluding hydrogens is 432 g/mol. The van der Waals surface area contributed by atoms with Crippen molar-refractivity contribution in [3.05, 3.63) is 35.4 Å². The first-order valence-electron chi connectivity index (χ1n) is 11.8. The van der Waals surface area contributed by atoms with Crippen molar-refractivity contribution in [1.82, 2.24) is 15.1 Å². The number of carbonyl (C=O) groups excluding carboxylic acids is 2. The fourth-order valence-electron chi connectivity index (χ4n) is 4.41. The van der Waals surface area contributed by atoms with Gasteiger partial charge in [0.05, 0.1) is 18.6 Å². The van der Waals surface area contributed by atoms with Gasteiger partial charge in [-0.15, -0.1) is 0 Å². The number of aliphatic hydroxyl groups excluding tert-OH is 1. The van der Waals surface area contributed by atoms with E-state index in [9.17, 15) is 14.7 Å². The average Bonchev–Trinajstić information content (AvgIpc) is 2.81. The first kappa shape index (κ1) is 25.7. The molecule has 34 heavy (non-hydrogen) atoms. The Labute approximate surface area is 201 Å². The van der Waals surface area contributed by atoms with Gasteiger partial charge in [0, 0.05) is 53.2 Å². The van der Waals surface area contributed by atoms with Crippen LogP contribution in [0.5, 0.6) is 0 Å². The first-order chi connectivity index (χ1) is 16.3. The lowest BCUT2D eigenvalue weighted by Gasteiger charge is -2.33. The zero-order chi connectivity index (χ0) is 24.7. The number of hydrogen-bond donors (Lipinski definition) is 2. The van der Waals surface area contributed by atoms with Crippen molar-refractivity contribution in [2.45, 2.75) is 44.4 Å². The Balaban J connectivity index is 1.44. The quantitative estimate of drug-likeness (QED) is 0.415. The molecule has 184 valence electrons. The molecule has 0 bridgehead atoms. The fraction of sp³-hybridized carbons (Fsp3) is 0.560. The SMILES string of the molecule is C=NC(CC(=NC)C(=O)NCC(O)CN1CCc2ccccc2C1)=NC1CC(C(=O)N(C)C)C1. The van der Waals surface area contributed by atoms with Crippen molar-refractivity contribution in [1.29, 1.82) is 0 Å². The number of fused-ring (bicyclic) bond motifs is 1. The lowest BCUT2D eigenvalue weighted by Crippen LogP contribution is -2.43. The minimum absolute atomic E-state index is 0.00654. The zero-order valence-electron chi connectivity index (χ0n) is 20.4. The summed E-state index contributed by atoms with van der Waals surface area (Å²) in [5, 5.41) is 13.2. The van der Waals surface area contributed by atoms with Gasteiger partial charge >= 0.3 is 0 Å². The highest BCUT2D eigenvalue weighted by molar-refractivity contribution is 6.42. The number of carbonyl (C=O) groups is 2. The minimum atomic E-state index is -0.681. The van der Waals surface area contributed by atoms with Gasteiger partial charge in [0.15, 0.2) is 0 Å². The van der Waals surface area contributed by atoms with E-state index in [1.807, 2.05) is 6.07 Å². The Morgan fingerprint density at radius 2 is 1.97 bits per heavy atom. The van der Waals surface area contributed by atoms with Crippen LogP contribution in [-0.4, -0.2) is 97.9 Å². The maximum Gasteiger partial charge on any atom is 0.265 e. The van der Waals surface area contributed by atoms with Gasteiger partial charge in [-0.3, -0.25) is 24.5 Å². The lowest BCUT2D eigenvalue weighted by molar-refractivity contribution is -0.136. The molecular formula is C25H36N6O3. The molecule has 9 nitrogen and oxygen atoms in total. The molecule has 1 aliphatic heterocycles. The van der Waals surface area contributed by atoms with Crippen LogP contribution in [0.25, 0.3) is 0 Å². The maximum absolute atomic E-state index is 12.6. The van der Waals surface area contributed by atoms with Crippen molar-refractivity contribution in [3.63, 3.8) is 0 Å². The van der Waals surface area contributed by atoms with Crippen molar-refractivity contribution in [2.75, 3.05) is 40.8 Å². The van der Waals surface area contributed by atoms with E-state index >= 15 is 0 Å². The van der Waals surface area contributed by atoms with Crippen LogP contribution in [-0.2, 0) is 22.6 Å². The zero-order valence-corrected chi connectivity index (χ0v) is 20.4. The predicted octanol–water partition coefficient (Wildman–Crippen LogP) is 0.949. The van der Waals surface area contributed by atoms with Crippen LogP contribution in [0, 0.1) is 5.92 Å². The van der Waals surface area contributed by atoms with E-state index < -0.39 is 6.10 Å². The normalized spacial score (nSPS) is 21.8. The molecule has 1 aromatic rings. The molecule has 2 aliphatic rings. The summed E-state index contributed by atoms with van der Waals surface area (Å²) in [5.74, 6) is 0.189. The summed E-state index contributed by atoms with van der Waals surface area (Å²) < 4.78 is 0. The third-order valence-corrected chi connectivity index (χ3v) is 6.45. The summed E-state index contributed by atoms with van der Waals surface area (Å²) in [6.07, 6.45) is 1.79. The van der Waals surface area contributed by atoms with Gasteiger partial charge in [-0.1, -0.05) is 24.3 Å². The highest BCUT2D eigenvalue weighted by Crippen LogP contribution is 2.31. The molecule has 0 radical (unpaired) electrons. The number of benzene rings is 1.